The van der Waals surface area contributed by atoms with Gasteiger partial charge >= 0.3 is 0 Å². The number of nitrogens with zero attached hydrogens (tertiary/aromatic N) is 1. The normalized spacial score (nSPS) is 11.1. The molecule has 0 fully saturated rings. The molecule has 6 rings (SSSR count). The summed E-state index contributed by atoms with van der Waals surface area (Å²) in [4.78, 5) is 2.11. The third-order valence-electron chi connectivity index (χ3n) is 8.98. The third-order valence-corrected chi connectivity index (χ3v) is 8.98. The van der Waals surface area contributed by atoms with Crippen LogP contribution in [-0.4, -0.2) is 30.6 Å². The van der Waals surface area contributed by atoms with Crippen molar-refractivity contribution in [3.8, 4) is 33.4 Å². The second-order valence-electron chi connectivity index (χ2n) is 11.8. The van der Waals surface area contributed by atoms with E-state index < -0.39 is 0 Å². The van der Waals surface area contributed by atoms with Crippen molar-refractivity contribution in [2.45, 2.75) is 39.6 Å². The van der Waals surface area contributed by atoms with Crippen LogP contribution in [0.25, 0.3) is 33.4 Å². The third kappa shape index (κ3) is 6.77. The number of rotatable bonds is 12. The highest BCUT2D eigenvalue weighted by Gasteiger charge is 2.18. The minimum absolute atomic E-state index is 0.148. The molecule has 7 heteroatoms. The Morgan fingerprint density at radius 1 is 0.286 bits per heavy atom. The first-order valence-electron chi connectivity index (χ1n) is 16.1. The van der Waals surface area contributed by atoms with Crippen LogP contribution in [0.4, 0.5) is 17.1 Å². The number of aliphatic hydroxyl groups excluding tert-OH is 6. The van der Waals surface area contributed by atoms with E-state index >= 15 is 0 Å². The van der Waals surface area contributed by atoms with Gasteiger partial charge in [-0.3, -0.25) is 0 Å². The maximum Gasteiger partial charge on any atom is 0.0687 e. The Morgan fingerprint density at radius 3 is 0.673 bits per heavy atom. The van der Waals surface area contributed by atoms with Crippen LogP contribution in [0, 0.1) is 0 Å². The molecule has 6 aromatic rings. The predicted molar refractivity (Wildman–Crippen MR) is 193 cm³/mol. The van der Waals surface area contributed by atoms with Crippen molar-refractivity contribution in [2.24, 2.45) is 0 Å². The van der Waals surface area contributed by atoms with Gasteiger partial charge < -0.3 is 35.5 Å². The number of hydrogen-bond donors (Lipinski definition) is 6. The van der Waals surface area contributed by atoms with Gasteiger partial charge in [-0.2, -0.15) is 0 Å². The fourth-order valence-corrected chi connectivity index (χ4v) is 6.64. The molecule has 6 aromatic carbocycles. The monoisotopic (exact) mass is 653 g/mol. The maximum atomic E-state index is 10.0. The zero-order valence-electron chi connectivity index (χ0n) is 27.0. The zero-order chi connectivity index (χ0) is 34.3. The number of anilines is 3. The van der Waals surface area contributed by atoms with Gasteiger partial charge in [0.1, 0.15) is 0 Å². The van der Waals surface area contributed by atoms with Crippen molar-refractivity contribution < 1.29 is 30.6 Å². The summed E-state index contributed by atoms with van der Waals surface area (Å²) in [5, 5.41) is 60.2. The predicted octanol–water partition coefficient (Wildman–Crippen LogP) is 7.11. The van der Waals surface area contributed by atoms with Gasteiger partial charge in [-0.25, -0.2) is 0 Å². The molecular formula is C42H39NO6. The Kier molecular flexibility index (Phi) is 10.6. The highest BCUT2D eigenvalue weighted by Crippen LogP contribution is 2.40. The van der Waals surface area contributed by atoms with E-state index in [0.29, 0.717) is 0 Å². The number of benzene rings is 6. The van der Waals surface area contributed by atoms with Gasteiger partial charge in [-0.05, 0) is 103 Å². The average Bonchev–Trinajstić information content (AvgIpc) is 3.17. The van der Waals surface area contributed by atoms with Crippen molar-refractivity contribution in [2.75, 3.05) is 4.90 Å². The van der Waals surface area contributed by atoms with E-state index in [9.17, 15) is 30.6 Å². The molecule has 0 aliphatic carbocycles. The first kappa shape index (κ1) is 33.8. The maximum absolute atomic E-state index is 10.0. The van der Waals surface area contributed by atoms with Crippen LogP contribution in [0.15, 0.2) is 127 Å². The minimum atomic E-state index is -0.148. The Balaban J connectivity index is 1.45. The molecule has 0 saturated carbocycles. The Bertz CT molecular complexity index is 1720. The van der Waals surface area contributed by atoms with Crippen LogP contribution in [0.3, 0.4) is 0 Å². The molecule has 7 nitrogen and oxygen atoms in total. The second kappa shape index (κ2) is 15.4. The van der Waals surface area contributed by atoms with E-state index in [2.05, 4.69) is 4.90 Å². The molecule has 0 radical (unpaired) electrons. The molecule has 0 spiro atoms. The summed E-state index contributed by atoms with van der Waals surface area (Å²) in [6, 6.07) is 40.5. The summed E-state index contributed by atoms with van der Waals surface area (Å²) in [6.45, 7) is -0.890. The van der Waals surface area contributed by atoms with Gasteiger partial charge in [-0.15, -0.1) is 0 Å². The van der Waals surface area contributed by atoms with Gasteiger partial charge in [0.15, 0.2) is 0 Å². The van der Waals surface area contributed by atoms with E-state index in [4.69, 9.17) is 0 Å². The van der Waals surface area contributed by atoms with E-state index in [1.807, 2.05) is 127 Å². The second-order valence-corrected chi connectivity index (χ2v) is 11.8. The molecule has 6 N–H and O–H groups in total. The van der Waals surface area contributed by atoms with Crippen LogP contribution in [0.2, 0.25) is 0 Å². The first-order chi connectivity index (χ1) is 24.0. The molecule has 0 saturated heterocycles. The fraction of sp³-hybridized carbons (Fsp3) is 0.143. The average molecular weight is 654 g/mol. The quantitative estimate of drug-likeness (QED) is 0.0832. The van der Waals surface area contributed by atoms with Crippen LogP contribution >= 0.6 is 0 Å². The zero-order valence-corrected chi connectivity index (χ0v) is 27.0. The van der Waals surface area contributed by atoms with E-state index in [1.54, 1.807) is 0 Å². The molecule has 0 aliphatic rings. The molecule has 0 unspecified atom stereocenters. The lowest BCUT2D eigenvalue weighted by Crippen LogP contribution is -2.10. The summed E-state index contributed by atoms with van der Waals surface area (Å²) in [5.41, 5.74) is 12.1. The van der Waals surface area contributed by atoms with Crippen LogP contribution in [-0.2, 0) is 39.6 Å². The molecule has 49 heavy (non-hydrogen) atoms. The SMILES string of the molecule is OCc1cccc(CO)c1-c1ccc(N(c2ccc(-c3c(CO)cccc3CO)cc2)c2ccc(-c3c(CO)cccc3CO)cc2)cc1. The molecular weight excluding hydrogens is 614 g/mol. The van der Waals surface area contributed by atoms with Gasteiger partial charge in [0, 0.05) is 17.1 Å². The van der Waals surface area contributed by atoms with Gasteiger partial charge in [-0.1, -0.05) is 91.0 Å². The summed E-state index contributed by atoms with van der Waals surface area (Å²) in [7, 11) is 0. The van der Waals surface area contributed by atoms with Crippen LogP contribution in [0.1, 0.15) is 33.4 Å². The lowest BCUT2D eigenvalue weighted by molar-refractivity contribution is 0.276. The van der Waals surface area contributed by atoms with Crippen molar-refractivity contribution in [1.82, 2.24) is 0 Å². The summed E-state index contributed by atoms with van der Waals surface area (Å²) < 4.78 is 0. The van der Waals surface area contributed by atoms with Gasteiger partial charge in [0.05, 0.1) is 39.6 Å². The first-order valence-corrected chi connectivity index (χ1v) is 16.1. The van der Waals surface area contributed by atoms with Crippen molar-refractivity contribution in [3.05, 3.63) is 161 Å². The Labute approximate surface area is 285 Å². The molecule has 0 bridgehead atoms. The van der Waals surface area contributed by atoms with Gasteiger partial charge in [0.25, 0.3) is 0 Å². The lowest BCUT2D eigenvalue weighted by Gasteiger charge is -2.27. The molecule has 0 atom stereocenters. The molecule has 248 valence electrons. The number of aliphatic hydroxyl groups is 6. The van der Waals surface area contributed by atoms with Crippen molar-refractivity contribution in [1.29, 1.82) is 0 Å². The highest BCUT2D eigenvalue weighted by molar-refractivity contribution is 5.83. The Morgan fingerprint density at radius 2 is 0.490 bits per heavy atom. The topological polar surface area (TPSA) is 125 Å². The number of hydrogen-bond acceptors (Lipinski definition) is 7. The van der Waals surface area contributed by atoms with E-state index in [0.717, 1.165) is 83.8 Å². The summed E-state index contributed by atoms with van der Waals surface area (Å²) >= 11 is 0. The lowest BCUT2D eigenvalue weighted by atomic mass is 9.93. The molecule has 0 amide bonds. The van der Waals surface area contributed by atoms with E-state index in [1.165, 1.54) is 0 Å². The Hall–Kier alpha value is -5.12. The molecule has 0 aliphatic heterocycles. The van der Waals surface area contributed by atoms with E-state index in [-0.39, 0.29) is 39.6 Å². The van der Waals surface area contributed by atoms with Crippen molar-refractivity contribution in [3.63, 3.8) is 0 Å². The van der Waals surface area contributed by atoms with Crippen LogP contribution < -0.4 is 4.90 Å². The highest BCUT2D eigenvalue weighted by atomic mass is 16.3. The molecule has 0 heterocycles. The van der Waals surface area contributed by atoms with Crippen LogP contribution in [0.5, 0.6) is 0 Å². The summed E-state index contributed by atoms with van der Waals surface area (Å²) in [5.74, 6) is 0. The summed E-state index contributed by atoms with van der Waals surface area (Å²) in [6.07, 6.45) is 0. The smallest absolute Gasteiger partial charge is 0.0687 e. The fourth-order valence-electron chi connectivity index (χ4n) is 6.64. The van der Waals surface area contributed by atoms with Gasteiger partial charge in [0.2, 0.25) is 0 Å². The minimum Gasteiger partial charge on any atom is -0.392 e. The van der Waals surface area contributed by atoms with Crippen molar-refractivity contribution >= 4 is 17.1 Å². The standard InChI is InChI=1S/C42H39NO6/c44-22-31-4-1-5-32(23-45)40(31)28-10-16-37(17-11-28)43(38-18-12-29(13-19-38)41-33(24-46)6-2-7-34(41)25-47)39-20-14-30(15-21-39)42-35(26-48)8-3-9-36(42)27-49/h1-21,44-49H,22-27H2. The largest absolute Gasteiger partial charge is 0.392 e. The molecule has 0 aromatic heterocycles.